The van der Waals surface area contributed by atoms with Crippen LogP contribution in [0.25, 0.3) is 6.08 Å². The van der Waals surface area contributed by atoms with Crippen LogP contribution in [0.1, 0.15) is 4.88 Å². The zero-order chi connectivity index (χ0) is 18.0. The molecule has 1 aliphatic rings. The lowest BCUT2D eigenvalue weighted by molar-refractivity contribution is -0.127. The molecule has 0 aliphatic carbocycles. The largest absolute Gasteiger partial charge is 0.329 e. The Morgan fingerprint density at radius 1 is 1.28 bits per heavy atom. The van der Waals surface area contributed by atoms with Crippen molar-refractivity contribution < 1.29 is 18.8 Å². The predicted octanol–water partition coefficient (Wildman–Crippen LogP) is 3.18. The smallest absolute Gasteiger partial charge is 0.322 e. The number of hydrogen-bond donors (Lipinski definition) is 2. The first-order chi connectivity index (χ1) is 11.9. The second-order valence-corrected chi connectivity index (χ2v) is 7.54. The molecule has 1 fully saturated rings. The van der Waals surface area contributed by atoms with E-state index in [9.17, 15) is 18.8 Å². The van der Waals surface area contributed by atoms with Gasteiger partial charge < -0.3 is 10.6 Å². The number of urea groups is 1. The molecule has 2 heterocycles. The minimum atomic E-state index is -0.699. The Morgan fingerprint density at radius 3 is 2.72 bits per heavy atom. The van der Waals surface area contributed by atoms with Crippen LogP contribution in [-0.2, 0) is 9.59 Å². The highest BCUT2D eigenvalue weighted by Gasteiger charge is 2.35. The van der Waals surface area contributed by atoms with E-state index in [1.165, 1.54) is 35.6 Å². The summed E-state index contributed by atoms with van der Waals surface area (Å²) in [5.74, 6) is -1.89. The van der Waals surface area contributed by atoms with E-state index in [1.54, 1.807) is 12.1 Å². The molecule has 1 saturated heterocycles. The number of nitrogens with one attached hydrogen (secondary N) is 2. The highest BCUT2D eigenvalue weighted by molar-refractivity contribution is 9.11. The fraction of sp³-hybridized carbons (Fsp3) is 0.0625. The molecule has 128 valence electrons. The summed E-state index contributed by atoms with van der Waals surface area (Å²) >= 11 is 4.71. The van der Waals surface area contributed by atoms with Gasteiger partial charge in [0.05, 0.1) is 9.47 Å². The first-order valence-corrected chi connectivity index (χ1v) is 8.69. The number of thiophene rings is 1. The molecule has 1 aliphatic heterocycles. The number of anilines is 1. The first-order valence-electron chi connectivity index (χ1n) is 7.08. The number of imide groups is 1. The average Bonchev–Trinajstić information content (AvgIpc) is 3.08. The van der Waals surface area contributed by atoms with Gasteiger partial charge in [-0.25, -0.2) is 14.1 Å². The third-order valence-corrected chi connectivity index (χ3v) is 4.86. The Morgan fingerprint density at radius 2 is 2.04 bits per heavy atom. The summed E-state index contributed by atoms with van der Waals surface area (Å²) in [5, 5.41) is 4.76. The van der Waals surface area contributed by atoms with Crippen molar-refractivity contribution in [1.82, 2.24) is 10.2 Å². The summed E-state index contributed by atoms with van der Waals surface area (Å²) < 4.78 is 14.4. The van der Waals surface area contributed by atoms with Crippen molar-refractivity contribution in [3.8, 4) is 0 Å². The highest BCUT2D eigenvalue weighted by atomic mass is 79.9. The number of carbonyl (C=O) groups is 3. The topological polar surface area (TPSA) is 78.5 Å². The van der Waals surface area contributed by atoms with Crippen molar-refractivity contribution in [2.45, 2.75) is 0 Å². The summed E-state index contributed by atoms with van der Waals surface area (Å²) in [6.07, 6.45) is 1.53. The predicted molar refractivity (Wildman–Crippen MR) is 95.3 cm³/mol. The number of carbonyl (C=O) groups excluding carboxylic acids is 3. The van der Waals surface area contributed by atoms with E-state index in [1.807, 2.05) is 6.07 Å². The number of para-hydroxylation sites is 1. The summed E-state index contributed by atoms with van der Waals surface area (Å²) in [5.41, 5.74) is 0.0665. The van der Waals surface area contributed by atoms with Crippen LogP contribution in [0.4, 0.5) is 14.9 Å². The molecule has 0 radical (unpaired) electrons. The summed E-state index contributed by atoms with van der Waals surface area (Å²) in [7, 11) is 0. The molecule has 0 atom stereocenters. The molecule has 2 aromatic rings. The van der Waals surface area contributed by atoms with E-state index >= 15 is 0 Å². The Labute approximate surface area is 154 Å². The van der Waals surface area contributed by atoms with Gasteiger partial charge in [-0.2, -0.15) is 0 Å². The maximum atomic E-state index is 13.5. The minimum Gasteiger partial charge on any atom is -0.322 e. The Hall–Kier alpha value is -2.52. The SMILES string of the molecule is O=C(CN1C(=O)N/C(=C/c2ccc(Br)s2)C1=O)Nc1ccccc1F. The second kappa shape index (κ2) is 7.16. The van der Waals surface area contributed by atoms with Crippen molar-refractivity contribution in [2.24, 2.45) is 0 Å². The van der Waals surface area contributed by atoms with Crippen LogP contribution in [0.5, 0.6) is 0 Å². The molecule has 1 aromatic heterocycles. The van der Waals surface area contributed by atoms with Crippen molar-refractivity contribution in [3.05, 3.63) is 56.6 Å². The van der Waals surface area contributed by atoms with Crippen molar-refractivity contribution in [3.63, 3.8) is 0 Å². The summed E-state index contributed by atoms with van der Waals surface area (Å²) in [6.45, 7) is -0.509. The lowest BCUT2D eigenvalue weighted by Gasteiger charge is -2.12. The molecule has 3 rings (SSSR count). The van der Waals surface area contributed by atoms with Gasteiger partial charge in [0.2, 0.25) is 5.91 Å². The average molecular weight is 424 g/mol. The van der Waals surface area contributed by atoms with Gasteiger partial charge in [-0.1, -0.05) is 12.1 Å². The Bertz CT molecular complexity index is 896. The molecule has 6 nitrogen and oxygen atoms in total. The van der Waals surface area contributed by atoms with Crippen molar-refractivity contribution in [1.29, 1.82) is 0 Å². The highest BCUT2D eigenvalue weighted by Crippen LogP contribution is 2.25. The van der Waals surface area contributed by atoms with Gasteiger partial charge >= 0.3 is 6.03 Å². The molecule has 4 amide bonds. The van der Waals surface area contributed by atoms with E-state index in [4.69, 9.17) is 0 Å². The quantitative estimate of drug-likeness (QED) is 0.585. The van der Waals surface area contributed by atoms with Crippen LogP contribution in [0.2, 0.25) is 0 Å². The van der Waals surface area contributed by atoms with Crippen LogP contribution in [-0.4, -0.2) is 29.3 Å². The van der Waals surface area contributed by atoms with Gasteiger partial charge in [0, 0.05) is 4.88 Å². The van der Waals surface area contributed by atoms with Gasteiger partial charge in [-0.3, -0.25) is 9.59 Å². The minimum absolute atomic E-state index is 0.0150. The molecular formula is C16H11BrFN3O3S. The van der Waals surface area contributed by atoms with E-state index in [0.717, 1.165) is 13.6 Å². The van der Waals surface area contributed by atoms with E-state index in [0.29, 0.717) is 0 Å². The van der Waals surface area contributed by atoms with Gasteiger partial charge in [-0.15, -0.1) is 11.3 Å². The lowest BCUT2D eigenvalue weighted by Crippen LogP contribution is -2.38. The monoisotopic (exact) mass is 423 g/mol. The van der Waals surface area contributed by atoms with E-state index < -0.39 is 30.2 Å². The Kier molecular flexibility index (Phi) is 4.95. The number of rotatable bonds is 4. The molecule has 0 bridgehead atoms. The van der Waals surface area contributed by atoms with Crippen LogP contribution < -0.4 is 10.6 Å². The van der Waals surface area contributed by atoms with Crippen LogP contribution in [0, 0.1) is 5.82 Å². The number of nitrogens with zero attached hydrogens (tertiary/aromatic N) is 1. The molecule has 0 spiro atoms. The zero-order valence-corrected chi connectivity index (χ0v) is 15.0. The van der Waals surface area contributed by atoms with E-state index in [-0.39, 0.29) is 11.4 Å². The number of hydrogen-bond acceptors (Lipinski definition) is 4. The van der Waals surface area contributed by atoms with Gasteiger partial charge in [0.1, 0.15) is 18.1 Å². The van der Waals surface area contributed by atoms with Gasteiger partial charge in [0.15, 0.2) is 0 Å². The summed E-state index contributed by atoms with van der Waals surface area (Å²) in [6, 6.07) is 8.54. The normalized spacial score (nSPS) is 15.6. The maximum absolute atomic E-state index is 13.5. The second-order valence-electron chi connectivity index (χ2n) is 5.05. The van der Waals surface area contributed by atoms with Crippen LogP contribution in [0.3, 0.4) is 0 Å². The fourth-order valence-corrected chi connectivity index (χ4v) is 3.53. The molecule has 9 heteroatoms. The van der Waals surface area contributed by atoms with Crippen LogP contribution >= 0.6 is 27.3 Å². The summed E-state index contributed by atoms with van der Waals surface area (Å²) in [4.78, 5) is 37.8. The first kappa shape index (κ1) is 17.3. The molecule has 25 heavy (non-hydrogen) atoms. The zero-order valence-electron chi connectivity index (χ0n) is 12.6. The molecule has 0 unspecified atom stereocenters. The van der Waals surface area contributed by atoms with Gasteiger partial charge in [-0.05, 0) is 46.3 Å². The molecule has 1 aromatic carbocycles. The molecular weight excluding hydrogens is 413 g/mol. The standard InChI is InChI=1S/C16H11BrFN3O3S/c17-13-6-5-9(25-13)7-12-15(23)21(16(24)20-12)8-14(22)19-11-4-2-1-3-10(11)18/h1-7H,8H2,(H,19,22)(H,20,24)/b12-7+. The van der Waals surface area contributed by atoms with Crippen molar-refractivity contribution in [2.75, 3.05) is 11.9 Å². The third kappa shape index (κ3) is 3.94. The maximum Gasteiger partial charge on any atom is 0.329 e. The number of halogens is 2. The Balaban J connectivity index is 1.69. The van der Waals surface area contributed by atoms with E-state index in [2.05, 4.69) is 26.6 Å². The lowest BCUT2D eigenvalue weighted by atomic mass is 10.3. The molecule has 2 N–H and O–H groups in total. The van der Waals surface area contributed by atoms with Gasteiger partial charge in [0.25, 0.3) is 5.91 Å². The molecule has 0 saturated carbocycles. The fourth-order valence-electron chi connectivity index (χ4n) is 2.16. The number of benzene rings is 1. The van der Waals surface area contributed by atoms with Crippen molar-refractivity contribution >= 4 is 56.9 Å². The van der Waals surface area contributed by atoms with Crippen LogP contribution in [0.15, 0.2) is 45.9 Å². The third-order valence-electron chi connectivity index (χ3n) is 3.29. The number of amides is 4.